The minimum atomic E-state index is -0.573. The Morgan fingerprint density at radius 2 is 1.71 bits per heavy atom. The van der Waals surface area contributed by atoms with E-state index in [1.807, 2.05) is 27.7 Å². The highest BCUT2D eigenvalue weighted by Crippen LogP contribution is 2.43. The lowest BCUT2D eigenvalue weighted by molar-refractivity contribution is -0.123. The quantitative estimate of drug-likeness (QED) is 0.600. The maximum atomic E-state index is 12.1. The van der Waals surface area contributed by atoms with E-state index in [1.165, 1.54) is 0 Å². The Balaban J connectivity index is 0.00000392. The van der Waals surface area contributed by atoms with Gasteiger partial charge < -0.3 is 24.5 Å². The third-order valence-electron chi connectivity index (χ3n) is 5.38. The Morgan fingerprint density at radius 1 is 1.18 bits per heavy atom. The van der Waals surface area contributed by atoms with Crippen LogP contribution >= 0.6 is 24.0 Å². The van der Waals surface area contributed by atoms with Crippen molar-refractivity contribution in [3.8, 4) is 5.75 Å². The van der Waals surface area contributed by atoms with E-state index in [4.69, 9.17) is 36.1 Å². The zero-order valence-electron chi connectivity index (χ0n) is 17.1. The summed E-state index contributed by atoms with van der Waals surface area (Å²) in [7, 11) is 0.970. The average Bonchev–Trinajstić information content (AvgIpc) is 2.79. The first-order valence-electron chi connectivity index (χ1n) is 9.09. The van der Waals surface area contributed by atoms with Crippen LogP contribution in [0.4, 0.5) is 0 Å². The van der Waals surface area contributed by atoms with Crippen LogP contribution in [0.1, 0.15) is 34.1 Å². The summed E-state index contributed by atoms with van der Waals surface area (Å²) in [4.78, 5) is 12.1. The topological polar surface area (TPSA) is 80.0 Å². The van der Waals surface area contributed by atoms with Crippen molar-refractivity contribution in [3.05, 3.63) is 29.3 Å². The van der Waals surface area contributed by atoms with E-state index < -0.39 is 30.1 Å². The standard InChI is InChI=1S/C19H29BClNO5.ClH/c1-18(2)19(3,4)27-20(26-18)16(15(12-24-5)17(22)23)10-11-25-14-8-6-13(21)7-9-14;/h6-9,15-16H,10-12H2,1-5H3,(H2,22,23);1H/t15?,16-;/m1./s1. The first-order valence-corrected chi connectivity index (χ1v) is 9.47. The molecule has 0 bridgehead atoms. The van der Waals surface area contributed by atoms with Gasteiger partial charge in [-0.1, -0.05) is 11.6 Å². The highest BCUT2D eigenvalue weighted by atomic mass is 35.5. The minimum absolute atomic E-state index is 0. The fourth-order valence-corrected chi connectivity index (χ4v) is 3.16. The molecule has 1 aliphatic heterocycles. The molecule has 1 amide bonds. The first-order chi connectivity index (χ1) is 12.6. The van der Waals surface area contributed by atoms with Crippen molar-refractivity contribution in [1.29, 1.82) is 0 Å². The van der Waals surface area contributed by atoms with Gasteiger partial charge in [-0.05, 0) is 58.4 Å². The number of halogens is 2. The maximum Gasteiger partial charge on any atom is 0.462 e. The molecular weight excluding hydrogens is 404 g/mol. The van der Waals surface area contributed by atoms with Gasteiger partial charge in [0.1, 0.15) is 5.75 Å². The molecule has 1 heterocycles. The Labute approximate surface area is 178 Å². The Hall–Kier alpha value is -0.985. The number of methoxy groups -OCH3 is 1. The number of rotatable bonds is 9. The summed E-state index contributed by atoms with van der Waals surface area (Å²) in [6, 6.07) is 7.12. The molecule has 6 nitrogen and oxygen atoms in total. The SMILES string of the molecule is COCC(C(N)=O)[C@@H](CCOc1ccc(Cl)cc1)B1OC(C)(C)C(C)(C)O1.Cl. The van der Waals surface area contributed by atoms with Gasteiger partial charge >= 0.3 is 7.12 Å². The molecule has 1 fully saturated rings. The summed E-state index contributed by atoms with van der Waals surface area (Å²) < 4.78 is 23.3. The number of primary amides is 1. The van der Waals surface area contributed by atoms with Gasteiger partial charge in [0, 0.05) is 17.9 Å². The zero-order valence-corrected chi connectivity index (χ0v) is 18.6. The lowest BCUT2D eigenvalue weighted by Gasteiger charge is -2.32. The molecule has 1 aliphatic rings. The number of carbonyl (C=O) groups is 1. The summed E-state index contributed by atoms with van der Waals surface area (Å²) in [5.41, 5.74) is 4.64. The molecule has 0 aliphatic carbocycles. The Bertz CT molecular complexity index is 626. The molecule has 28 heavy (non-hydrogen) atoms. The second-order valence-electron chi connectivity index (χ2n) is 7.84. The molecule has 0 radical (unpaired) electrons. The van der Waals surface area contributed by atoms with Gasteiger partial charge in [0.15, 0.2) is 0 Å². The number of benzene rings is 1. The highest BCUT2D eigenvalue weighted by molar-refractivity contribution is 6.48. The number of nitrogens with two attached hydrogens (primary N) is 1. The Morgan fingerprint density at radius 3 is 2.18 bits per heavy atom. The summed E-state index contributed by atoms with van der Waals surface area (Å²) in [6.45, 7) is 8.48. The molecule has 9 heteroatoms. The zero-order chi connectivity index (χ0) is 20.2. The largest absolute Gasteiger partial charge is 0.494 e. The van der Waals surface area contributed by atoms with Crippen molar-refractivity contribution < 1.29 is 23.6 Å². The van der Waals surface area contributed by atoms with Crippen LogP contribution in [-0.2, 0) is 18.8 Å². The van der Waals surface area contributed by atoms with Crippen molar-refractivity contribution in [3.63, 3.8) is 0 Å². The number of hydrogen-bond donors (Lipinski definition) is 1. The summed E-state index contributed by atoms with van der Waals surface area (Å²) in [5, 5.41) is 0.645. The fourth-order valence-electron chi connectivity index (χ4n) is 3.03. The third-order valence-corrected chi connectivity index (χ3v) is 5.64. The number of amides is 1. The Kier molecular flexibility index (Phi) is 9.10. The molecule has 0 spiro atoms. The normalized spacial score (nSPS) is 19.6. The second-order valence-corrected chi connectivity index (χ2v) is 8.28. The molecule has 1 aromatic rings. The van der Waals surface area contributed by atoms with Gasteiger partial charge in [-0.25, -0.2) is 0 Å². The van der Waals surface area contributed by atoms with Crippen LogP contribution in [0.5, 0.6) is 5.75 Å². The van der Waals surface area contributed by atoms with E-state index in [-0.39, 0.29) is 24.8 Å². The monoisotopic (exact) mass is 433 g/mol. The van der Waals surface area contributed by atoms with Crippen LogP contribution in [0.15, 0.2) is 24.3 Å². The molecule has 0 saturated carbocycles. The predicted molar refractivity (Wildman–Crippen MR) is 113 cm³/mol. The molecular formula is C19H30BCl2NO5. The van der Waals surface area contributed by atoms with Gasteiger partial charge in [-0.2, -0.15) is 0 Å². The maximum absolute atomic E-state index is 12.1. The smallest absolute Gasteiger partial charge is 0.462 e. The molecule has 0 aromatic heterocycles. The van der Waals surface area contributed by atoms with Gasteiger partial charge in [-0.15, -0.1) is 12.4 Å². The van der Waals surface area contributed by atoms with Gasteiger partial charge in [0.25, 0.3) is 0 Å². The van der Waals surface area contributed by atoms with Gasteiger partial charge in [0.05, 0.1) is 30.3 Å². The number of ether oxygens (including phenoxy) is 2. The molecule has 158 valence electrons. The molecule has 2 atom stereocenters. The average molecular weight is 434 g/mol. The van der Waals surface area contributed by atoms with Crippen molar-refractivity contribution in [2.75, 3.05) is 20.3 Å². The number of hydrogen-bond acceptors (Lipinski definition) is 5. The van der Waals surface area contributed by atoms with E-state index in [0.717, 1.165) is 0 Å². The van der Waals surface area contributed by atoms with E-state index in [1.54, 1.807) is 31.4 Å². The number of carbonyl (C=O) groups excluding carboxylic acids is 1. The molecule has 2 rings (SSSR count). The second kappa shape index (κ2) is 10.2. The van der Waals surface area contributed by atoms with Crippen LogP contribution in [0, 0.1) is 5.92 Å². The van der Waals surface area contributed by atoms with Crippen molar-refractivity contribution in [2.45, 2.75) is 51.1 Å². The highest BCUT2D eigenvalue weighted by Gasteiger charge is 2.55. The van der Waals surface area contributed by atoms with Crippen molar-refractivity contribution >= 4 is 37.0 Å². The molecule has 1 saturated heterocycles. The van der Waals surface area contributed by atoms with Crippen LogP contribution in [0.2, 0.25) is 10.8 Å². The van der Waals surface area contributed by atoms with Crippen molar-refractivity contribution in [1.82, 2.24) is 0 Å². The molecule has 1 aromatic carbocycles. The fraction of sp³-hybridized carbons (Fsp3) is 0.632. The predicted octanol–water partition coefficient (Wildman–Crippen LogP) is 3.74. The van der Waals surface area contributed by atoms with Crippen molar-refractivity contribution in [2.24, 2.45) is 11.7 Å². The minimum Gasteiger partial charge on any atom is -0.494 e. The summed E-state index contributed by atoms with van der Waals surface area (Å²) in [5.74, 6) is -0.577. The van der Waals surface area contributed by atoms with E-state index >= 15 is 0 Å². The van der Waals surface area contributed by atoms with Crippen LogP contribution in [-0.4, -0.2) is 44.6 Å². The summed E-state index contributed by atoms with van der Waals surface area (Å²) in [6.07, 6.45) is 0.524. The summed E-state index contributed by atoms with van der Waals surface area (Å²) >= 11 is 5.89. The molecule has 1 unspecified atom stereocenters. The van der Waals surface area contributed by atoms with Crippen LogP contribution < -0.4 is 10.5 Å². The third kappa shape index (κ3) is 6.00. The van der Waals surface area contributed by atoms with Crippen LogP contribution in [0.3, 0.4) is 0 Å². The van der Waals surface area contributed by atoms with Gasteiger partial charge in [-0.3, -0.25) is 4.79 Å². The first kappa shape index (κ1) is 25.1. The van der Waals surface area contributed by atoms with E-state index in [9.17, 15) is 4.79 Å². The van der Waals surface area contributed by atoms with E-state index in [2.05, 4.69) is 0 Å². The molecule has 2 N–H and O–H groups in total. The lowest BCUT2D eigenvalue weighted by Crippen LogP contribution is -2.41. The van der Waals surface area contributed by atoms with Crippen LogP contribution in [0.25, 0.3) is 0 Å². The van der Waals surface area contributed by atoms with E-state index in [0.29, 0.717) is 23.8 Å². The van der Waals surface area contributed by atoms with Gasteiger partial charge in [0.2, 0.25) is 5.91 Å². The lowest BCUT2D eigenvalue weighted by atomic mass is 9.63.